The van der Waals surface area contributed by atoms with Crippen LogP contribution in [0.5, 0.6) is 5.75 Å². The van der Waals surface area contributed by atoms with Crippen molar-refractivity contribution < 1.29 is 19.1 Å². The number of rotatable bonds is 6. The molecule has 0 aliphatic carbocycles. The highest BCUT2D eigenvalue weighted by Crippen LogP contribution is 2.29. The van der Waals surface area contributed by atoms with Crippen molar-refractivity contribution in [3.8, 4) is 5.75 Å². The van der Waals surface area contributed by atoms with Crippen LogP contribution in [0.15, 0.2) is 66.7 Å². The van der Waals surface area contributed by atoms with E-state index in [9.17, 15) is 14.4 Å². The van der Waals surface area contributed by atoms with Gasteiger partial charge in [-0.1, -0.05) is 35.9 Å². The van der Waals surface area contributed by atoms with E-state index in [1.54, 1.807) is 37.4 Å². The second-order valence-corrected chi connectivity index (χ2v) is 7.97. The highest BCUT2D eigenvalue weighted by atomic mass is 35.5. The Morgan fingerprint density at radius 3 is 2.53 bits per heavy atom. The molecule has 1 aliphatic heterocycles. The monoisotopic (exact) mass is 448 g/mol. The fourth-order valence-electron chi connectivity index (χ4n) is 3.64. The van der Waals surface area contributed by atoms with Crippen LogP contribution in [0.3, 0.4) is 0 Å². The van der Waals surface area contributed by atoms with Crippen molar-refractivity contribution in [2.45, 2.75) is 13.0 Å². The Balaban J connectivity index is 1.49. The summed E-state index contributed by atoms with van der Waals surface area (Å²) in [7, 11) is 1.59. The number of anilines is 1. The van der Waals surface area contributed by atoms with Gasteiger partial charge in [-0.3, -0.25) is 14.4 Å². The Hall–Kier alpha value is -3.64. The average Bonchev–Trinajstić information content (AvgIpc) is 2.80. The van der Waals surface area contributed by atoms with Gasteiger partial charge in [-0.2, -0.15) is 0 Å². The van der Waals surface area contributed by atoms with Gasteiger partial charge in [0.05, 0.1) is 12.8 Å². The van der Waals surface area contributed by atoms with Gasteiger partial charge in [-0.25, -0.2) is 0 Å². The summed E-state index contributed by atoms with van der Waals surface area (Å²) in [6.45, 7) is 0.335. The molecule has 4 rings (SSSR count). The average molecular weight is 449 g/mol. The molecular formula is C25H21ClN2O4. The topological polar surface area (TPSA) is 84.5 Å². The first-order chi connectivity index (χ1) is 15.4. The number of ketones is 1. The normalized spacial score (nSPS) is 15.0. The molecule has 0 fully saturated rings. The maximum atomic E-state index is 13.1. The molecule has 1 unspecified atom stereocenters. The van der Waals surface area contributed by atoms with Gasteiger partial charge < -0.3 is 15.4 Å². The van der Waals surface area contributed by atoms with Crippen LogP contribution in [0.2, 0.25) is 5.02 Å². The molecule has 0 bridgehead atoms. The van der Waals surface area contributed by atoms with Crippen molar-refractivity contribution in [2.75, 3.05) is 12.4 Å². The Labute approximate surface area is 190 Å². The minimum atomic E-state index is -0.876. The van der Waals surface area contributed by atoms with Crippen molar-refractivity contribution in [1.82, 2.24) is 5.32 Å². The number of hydrogen-bond acceptors (Lipinski definition) is 4. The largest absolute Gasteiger partial charge is 0.497 e. The molecule has 0 saturated carbocycles. The molecule has 0 radical (unpaired) electrons. The van der Waals surface area contributed by atoms with E-state index < -0.39 is 5.92 Å². The fourth-order valence-corrected chi connectivity index (χ4v) is 3.85. The van der Waals surface area contributed by atoms with Gasteiger partial charge in [0.2, 0.25) is 5.91 Å². The minimum absolute atomic E-state index is 0.235. The standard InChI is InChI=1S/C25H21ClN2O4/c1-32-19-8-5-15(6-9-19)14-27-24(30)17-7-10-22-20(13-17)23(29)21(25(31)28-22)12-16-3-2-4-18(26)11-16/h2-11,13,21H,12,14H2,1H3,(H,27,30)(H,28,31). The molecule has 162 valence electrons. The van der Waals surface area contributed by atoms with Gasteiger partial charge in [0.25, 0.3) is 5.91 Å². The minimum Gasteiger partial charge on any atom is -0.497 e. The summed E-state index contributed by atoms with van der Waals surface area (Å²) in [5, 5.41) is 6.16. The number of carbonyl (C=O) groups is 3. The van der Waals surface area contributed by atoms with Gasteiger partial charge in [0.1, 0.15) is 11.7 Å². The van der Waals surface area contributed by atoms with Crippen LogP contribution in [-0.4, -0.2) is 24.7 Å². The van der Waals surface area contributed by atoms with Crippen molar-refractivity contribution in [1.29, 1.82) is 0 Å². The van der Waals surface area contributed by atoms with Crippen molar-refractivity contribution in [3.63, 3.8) is 0 Å². The number of benzene rings is 3. The van der Waals surface area contributed by atoms with Crippen LogP contribution < -0.4 is 15.4 Å². The number of methoxy groups -OCH3 is 1. The lowest BCUT2D eigenvalue weighted by molar-refractivity contribution is -0.118. The van der Waals surface area contributed by atoms with Gasteiger partial charge >= 0.3 is 0 Å². The smallest absolute Gasteiger partial charge is 0.251 e. The molecule has 3 aromatic rings. The predicted octanol–water partition coefficient (Wildman–Crippen LogP) is 4.27. The Morgan fingerprint density at radius 2 is 1.81 bits per heavy atom. The summed E-state index contributed by atoms with van der Waals surface area (Å²) in [6.07, 6.45) is 0.235. The van der Waals surface area contributed by atoms with E-state index in [-0.39, 0.29) is 24.0 Å². The molecule has 1 aliphatic rings. The number of hydrogen-bond donors (Lipinski definition) is 2. The van der Waals surface area contributed by atoms with Gasteiger partial charge in [-0.05, 0) is 60.0 Å². The lowest BCUT2D eigenvalue weighted by atomic mass is 9.86. The molecule has 1 heterocycles. The first kappa shape index (κ1) is 21.6. The highest BCUT2D eigenvalue weighted by Gasteiger charge is 2.34. The lowest BCUT2D eigenvalue weighted by Crippen LogP contribution is -2.37. The summed E-state index contributed by atoms with van der Waals surface area (Å²) in [5.41, 5.74) is 2.80. The van der Waals surface area contributed by atoms with E-state index in [1.807, 2.05) is 30.3 Å². The van der Waals surface area contributed by atoms with E-state index in [4.69, 9.17) is 16.3 Å². The van der Waals surface area contributed by atoms with Crippen LogP contribution in [0, 0.1) is 5.92 Å². The van der Waals surface area contributed by atoms with Crippen LogP contribution in [-0.2, 0) is 17.8 Å². The third-order valence-electron chi connectivity index (χ3n) is 5.38. The molecule has 2 N–H and O–H groups in total. The third-order valence-corrected chi connectivity index (χ3v) is 5.61. The van der Waals surface area contributed by atoms with Crippen LogP contribution >= 0.6 is 11.6 Å². The number of carbonyl (C=O) groups excluding carboxylic acids is 3. The van der Waals surface area contributed by atoms with E-state index in [1.165, 1.54) is 6.07 Å². The molecule has 3 aromatic carbocycles. The zero-order valence-electron chi connectivity index (χ0n) is 17.4. The van der Waals surface area contributed by atoms with E-state index in [0.29, 0.717) is 28.4 Å². The van der Waals surface area contributed by atoms with Crippen molar-refractivity contribution >= 4 is 34.9 Å². The molecule has 7 heteroatoms. The van der Waals surface area contributed by atoms with E-state index in [2.05, 4.69) is 10.6 Å². The number of fused-ring (bicyclic) bond motifs is 1. The fraction of sp³-hybridized carbons (Fsp3) is 0.160. The molecule has 0 spiro atoms. The number of amides is 2. The molecule has 0 aromatic heterocycles. The van der Waals surface area contributed by atoms with Crippen LogP contribution in [0.25, 0.3) is 0 Å². The van der Waals surface area contributed by atoms with Crippen LogP contribution in [0.4, 0.5) is 5.69 Å². The maximum absolute atomic E-state index is 13.1. The molecule has 32 heavy (non-hydrogen) atoms. The third kappa shape index (κ3) is 4.65. The number of halogens is 1. The summed E-state index contributed by atoms with van der Waals surface area (Å²) in [5.74, 6) is -1.12. The Bertz CT molecular complexity index is 1190. The first-order valence-electron chi connectivity index (χ1n) is 10.1. The zero-order valence-corrected chi connectivity index (χ0v) is 18.1. The van der Waals surface area contributed by atoms with Gasteiger partial charge in [0.15, 0.2) is 5.78 Å². The van der Waals surface area contributed by atoms with Gasteiger partial charge in [0, 0.05) is 22.7 Å². The molecule has 6 nitrogen and oxygen atoms in total. The maximum Gasteiger partial charge on any atom is 0.251 e. The molecule has 1 atom stereocenters. The molecular weight excluding hydrogens is 428 g/mol. The van der Waals surface area contributed by atoms with E-state index >= 15 is 0 Å². The Kier molecular flexibility index (Phi) is 6.23. The first-order valence-corrected chi connectivity index (χ1v) is 10.5. The second-order valence-electron chi connectivity index (χ2n) is 7.53. The number of ether oxygens (including phenoxy) is 1. The highest BCUT2D eigenvalue weighted by molar-refractivity contribution is 6.30. The second kappa shape index (κ2) is 9.24. The number of Topliss-reactive ketones (excluding diaryl/α,β-unsaturated/α-hetero) is 1. The van der Waals surface area contributed by atoms with Crippen molar-refractivity contribution in [2.24, 2.45) is 5.92 Å². The predicted molar refractivity (Wildman–Crippen MR) is 122 cm³/mol. The summed E-state index contributed by atoms with van der Waals surface area (Å²) in [6, 6.07) is 19.2. The van der Waals surface area contributed by atoms with Crippen LogP contribution in [0.1, 0.15) is 31.8 Å². The summed E-state index contributed by atoms with van der Waals surface area (Å²) < 4.78 is 5.13. The number of nitrogens with one attached hydrogen (secondary N) is 2. The van der Waals surface area contributed by atoms with Crippen molar-refractivity contribution in [3.05, 3.63) is 94.0 Å². The van der Waals surface area contributed by atoms with E-state index in [0.717, 1.165) is 16.9 Å². The SMILES string of the molecule is COc1ccc(CNC(=O)c2ccc3c(c2)C(=O)C(Cc2cccc(Cl)c2)C(=O)N3)cc1. The Morgan fingerprint density at radius 1 is 1.03 bits per heavy atom. The summed E-state index contributed by atoms with van der Waals surface area (Å²) >= 11 is 6.02. The van der Waals surface area contributed by atoms with Gasteiger partial charge in [-0.15, -0.1) is 0 Å². The molecule has 0 saturated heterocycles. The zero-order chi connectivity index (χ0) is 22.7. The lowest BCUT2D eigenvalue weighted by Gasteiger charge is -2.24. The quantitative estimate of drug-likeness (QED) is 0.551. The summed E-state index contributed by atoms with van der Waals surface area (Å²) in [4.78, 5) is 38.3. The molecule has 2 amide bonds.